The van der Waals surface area contributed by atoms with Gasteiger partial charge in [0.05, 0.1) is 0 Å². The lowest BCUT2D eigenvalue weighted by molar-refractivity contribution is 0.303. The summed E-state index contributed by atoms with van der Waals surface area (Å²) in [5.41, 5.74) is 2.72. The summed E-state index contributed by atoms with van der Waals surface area (Å²) < 4.78 is 40.2. The second-order valence-electron chi connectivity index (χ2n) is 8.29. The number of benzene rings is 2. The minimum Gasteiger partial charge on any atom is -0.204 e. The highest BCUT2D eigenvalue weighted by molar-refractivity contribution is 5.27. The first kappa shape index (κ1) is 21.0. The van der Waals surface area contributed by atoms with E-state index in [1.54, 1.807) is 0 Å². The van der Waals surface area contributed by atoms with Gasteiger partial charge in [-0.1, -0.05) is 62.9 Å². The molecular weight excluding hydrogens is 357 g/mol. The molecule has 2 aromatic carbocycles. The van der Waals surface area contributed by atoms with Crippen LogP contribution in [0.3, 0.4) is 0 Å². The van der Waals surface area contributed by atoms with Crippen LogP contribution in [-0.2, 0) is 12.8 Å². The minimum absolute atomic E-state index is 0.226. The van der Waals surface area contributed by atoms with Crippen molar-refractivity contribution < 1.29 is 13.2 Å². The van der Waals surface area contributed by atoms with E-state index in [-0.39, 0.29) is 5.56 Å². The number of rotatable bonds is 8. The van der Waals surface area contributed by atoms with Crippen LogP contribution in [0.4, 0.5) is 13.2 Å². The molecule has 3 heteroatoms. The SMILES string of the molecule is CCCCC[C@H]1CC[C@H](c2ccc(CCc3ccc(F)c(F)c3F)cc2)CC1. The van der Waals surface area contributed by atoms with E-state index in [0.29, 0.717) is 18.8 Å². The average molecular weight is 389 g/mol. The van der Waals surface area contributed by atoms with Gasteiger partial charge in [0.15, 0.2) is 17.5 Å². The zero-order valence-corrected chi connectivity index (χ0v) is 16.8. The zero-order chi connectivity index (χ0) is 19.9. The fraction of sp³-hybridized carbons (Fsp3) is 0.520. The fourth-order valence-corrected chi connectivity index (χ4v) is 4.46. The summed E-state index contributed by atoms with van der Waals surface area (Å²) in [6.45, 7) is 2.26. The van der Waals surface area contributed by atoms with Gasteiger partial charge in [0, 0.05) is 0 Å². The lowest BCUT2D eigenvalue weighted by Crippen LogP contribution is -2.13. The zero-order valence-electron chi connectivity index (χ0n) is 16.8. The topological polar surface area (TPSA) is 0 Å². The number of halogens is 3. The van der Waals surface area contributed by atoms with Gasteiger partial charge >= 0.3 is 0 Å². The van der Waals surface area contributed by atoms with E-state index >= 15 is 0 Å². The molecule has 0 aromatic heterocycles. The van der Waals surface area contributed by atoms with Crippen LogP contribution in [0.5, 0.6) is 0 Å². The van der Waals surface area contributed by atoms with Crippen molar-refractivity contribution in [1.82, 2.24) is 0 Å². The van der Waals surface area contributed by atoms with E-state index in [2.05, 4.69) is 31.2 Å². The summed E-state index contributed by atoms with van der Waals surface area (Å²) in [7, 11) is 0. The van der Waals surface area contributed by atoms with Gasteiger partial charge in [-0.15, -0.1) is 0 Å². The van der Waals surface area contributed by atoms with Gasteiger partial charge in [-0.2, -0.15) is 0 Å². The molecule has 0 nitrogen and oxygen atoms in total. The van der Waals surface area contributed by atoms with E-state index in [0.717, 1.165) is 17.5 Å². The van der Waals surface area contributed by atoms with Crippen molar-refractivity contribution in [2.75, 3.05) is 0 Å². The van der Waals surface area contributed by atoms with Crippen LogP contribution in [0.2, 0.25) is 0 Å². The second kappa shape index (κ2) is 10.1. The van der Waals surface area contributed by atoms with Crippen LogP contribution in [0.1, 0.15) is 80.9 Å². The molecule has 0 heterocycles. The van der Waals surface area contributed by atoms with E-state index in [4.69, 9.17) is 0 Å². The highest BCUT2D eigenvalue weighted by Crippen LogP contribution is 2.37. The number of aryl methyl sites for hydroxylation is 2. The van der Waals surface area contributed by atoms with Crippen molar-refractivity contribution in [2.24, 2.45) is 5.92 Å². The number of hydrogen-bond acceptors (Lipinski definition) is 0. The average Bonchev–Trinajstić information content (AvgIpc) is 2.73. The lowest BCUT2D eigenvalue weighted by Gasteiger charge is -2.29. The van der Waals surface area contributed by atoms with Gasteiger partial charge in [-0.3, -0.25) is 0 Å². The Morgan fingerprint density at radius 1 is 0.786 bits per heavy atom. The summed E-state index contributed by atoms with van der Waals surface area (Å²) in [6.07, 6.45) is 11.6. The lowest BCUT2D eigenvalue weighted by atomic mass is 9.77. The molecule has 1 saturated carbocycles. The Balaban J connectivity index is 1.50. The Labute approximate surface area is 167 Å². The van der Waals surface area contributed by atoms with Gasteiger partial charge in [-0.25, -0.2) is 13.2 Å². The predicted molar refractivity (Wildman–Crippen MR) is 109 cm³/mol. The van der Waals surface area contributed by atoms with E-state index in [1.165, 1.54) is 63.0 Å². The highest BCUT2D eigenvalue weighted by Gasteiger charge is 2.22. The van der Waals surface area contributed by atoms with Crippen LogP contribution in [0, 0.1) is 23.4 Å². The van der Waals surface area contributed by atoms with Gasteiger partial charge in [0.1, 0.15) is 0 Å². The standard InChI is InChI=1S/C25H31F3/c1-2-3-4-5-18-6-11-20(12-7-18)21-13-8-19(9-14-21)10-15-22-16-17-23(26)25(28)24(22)27/h8-9,13-14,16-18,20H,2-7,10-12,15H2,1H3/t18-,20-. The summed E-state index contributed by atoms with van der Waals surface area (Å²) in [5.74, 6) is -2.01. The molecule has 1 fully saturated rings. The molecule has 3 rings (SSSR count). The summed E-state index contributed by atoms with van der Waals surface area (Å²) in [5, 5.41) is 0. The van der Waals surface area contributed by atoms with Crippen molar-refractivity contribution in [3.05, 3.63) is 70.5 Å². The molecule has 0 saturated heterocycles. The molecule has 0 bridgehead atoms. The molecule has 0 N–H and O–H groups in total. The van der Waals surface area contributed by atoms with E-state index in [1.807, 2.05) is 0 Å². The third-order valence-corrected chi connectivity index (χ3v) is 6.31. The molecule has 0 amide bonds. The van der Waals surface area contributed by atoms with Gasteiger partial charge in [0.25, 0.3) is 0 Å². The molecule has 0 atom stereocenters. The molecular formula is C25H31F3. The molecule has 1 aliphatic rings. The summed E-state index contributed by atoms with van der Waals surface area (Å²) in [4.78, 5) is 0. The van der Waals surface area contributed by atoms with Crippen LogP contribution in [0.15, 0.2) is 36.4 Å². The van der Waals surface area contributed by atoms with Crippen LogP contribution >= 0.6 is 0 Å². The first-order valence-corrected chi connectivity index (χ1v) is 10.8. The van der Waals surface area contributed by atoms with E-state index in [9.17, 15) is 13.2 Å². The van der Waals surface area contributed by atoms with Gasteiger partial charge in [-0.05, 0) is 73.1 Å². The maximum Gasteiger partial charge on any atom is 0.194 e. The third-order valence-electron chi connectivity index (χ3n) is 6.31. The Hall–Kier alpha value is -1.77. The Morgan fingerprint density at radius 2 is 1.50 bits per heavy atom. The molecule has 0 spiro atoms. The molecule has 0 unspecified atom stereocenters. The largest absolute Gasteiger partial charge is 0.204 e. The first-order chi connectivity index (χ1) is 13.6. The predicted octanol–water partition coefficient (Wildman–Crippen LogP) is 7.74. The summed E-state index contributed by atoms with van der Waals surface area (Å²) in [6, 6.07) is 10.9. The van der Waals surface area contributed by atoms with Gasteiger partial charge < -0.3 is 0 Å². The van der Waals surface area contributed by atoms with Crippen molar-refractivity contribution in [3.8, 4) is 0 Å². The molecule has 152 valence electrons. The molecule has 1 aliphatic carbocycles. The van der Waals surface area contributed by atoms with Crippen molar-refractivity contribution >= 4 is 0 Å². The minimum atomic E-state index is -1.38. The number of unbranched alkanes of at least 4 members (excludes halogenated alkanes) is 2. The summed E-state index contributed by atoms with van der Waals surface area (Å²) >= 11 is 0. The Morgan fingerprint density at radius 3 is 2.18 bits per heavy atom. The Bertz CT molecular complexity index is 743. The van der Waals surface area contributed by atoms with Gasteiger partial charge in [0.2, 0.25) is 0 Å². The quantitative estimate of drug-likeness (QED) is 0.320. The second-order valence-corrected chi connectivity index (χ2v) is 8.29. The smallest absolute Gasteiger partial charge is 0.194 e. The molecule has 28 heavy (non-hydrogen) atoms. The molecule has 2 aromatic rings. The van der Waals surface area contributed by atoms with Crippen LogP contribution in [0.25, 0.3) is 0 Å². The van der Waals surface area contributed by atoms with Crippen molar-refractivity contribution in [1.29, 1.82) is 0 Å². The normalized spacial score (nSPS) is 19.7. The maximum atomic E-state index is 13.8. The monoisotopic (exact) mass is 388 g/mol. The van der Waals surface area contributed by atoms with Crippen LogP contribution < -0.4 is 0 Å². The molecule has 0 radical (unpaired) electrons. The maximum absolute atomic E-state index is 13.8. The van der Waals surface area contributed by atoms with E-state index < -0.39 is 17.5 Å². The fourth-order valence-electron chi connectivity index (χ4n) is 4.46. The highest BCUT2D eigenvalue weighted by atomic mass is 19.2. The Kier molecular flexibility index (Phi) is 7.58. The van der Waals surface area contributed by atoms with Crippen LogP contribution in [-0.4, -0.2) is 0 Å². The first-order valence-electron chi connectivity index (χ1n) is 10.8. The van der Waals surface area contributed by atoms with Crippen molar-refractivity contribution in [3.63, 3.8) is 0 Å². The number of hydrogen-bond donors (Lipinski definition) is 0. The van der Waals surface area contributed by atoms with Crippen molar-refractivity contribution in [2.45, 2.75) is 77.0 Å². The third kappa shape index (κ3) is 5.40. The molecule has 0 aliphatic heterocycles.